The Morgan fingerprint density at radius 3 is 2.29 bits per heavy atom. The number of phenols is 3. The van der Waals surface area contributed by atoms with Gasteiger partial charge in [0.15, 0.2) is 47.4 Å². The molecule has 0 saturated carbocycles. The first-order valence-corrected chi connectivity index (χ1v) is 10.7. The molecule has 10 nitrogen and oxygen atoms in total. The van der Waals surface area contributed by atoms with Gasteiger partial charge in [0.2, 0.25) is 5.78 Å². The number of methoxy groups -OCH3 is 1. The van der Waals surface area contributed by atoms with E-state index < -0.39 is 35.9 Å². The van der Waals surface area contributed by atoms with Gasteiger partial charge in [-0.1, -0.05) is 12.1 Å². The van der Waals surface area contributed by atoms with Crippen molar-refractivity contribution in [2.45, 2.75) is 24.4 Å². The third kappa shape index (κ3) is 3.82. The largest absolute Gasteiger partial charge is 0.508 e. The fourth-order valence-electron chi connectivity index (χ4n) is 4.28. The van der Waals surface area contributed by atoms with Crippen LogP contribution < -0.4 is 18.9 Å². The molecule has 0 bridgehead atoms. The summed E-state index contributed by atoms with van der Waals surface area (Å²) in [6, 6.07) is 11.5. The van der Waals surface area contributed by atoms with Crippen LogP contribution in [0.2, 0.25) is 0 Å². The van der Waals surface area contributed by atoms with Gasteiger partial charge in [-0.05, 0) is 29.8 Å². The summed E-state index contributed by atoms with van der Waals surface area (Å²) in [5, 5.41) is 50.2. The molecule has 5 N–H and O–H groups in total. The Hall–Kier alpha value is -4.15. The molecule has 0 aliphatic carbocycles. The predicted octanol–water partition coefficient (Wildman–Crippen LogP) is 2.36. The number of hydrogen-bond acceptors (Lipinski definition) is 10. The minimum absolute atomic E-state index is 0.0540. The molecule has 0 fully saturated rings. The van der Waals surface area contributed by atoms with E-state index in [9.17, 15) is 30.3 Å². The van der Waals surface area contributed by atoms with Crippen LogP contribution in [-0.4, -0.2) is 57.2 Å². The molecule has 35 heavy (non-hydrogen) atoms. The van der Waals surface area contributed by atoms with Gasteiger partial charge < -0.3 is 44.5 Å². The first-order valence-electron chi connectivity index (χ1n) is 10.7. The monoisotopic (exact) mass is 482 g/mol. The van der Waals surface area contributed by atoms with Crippen LogP contribution in [-0.2, 0) is 0 Å². The maximum atomic E-state index is 12.7. The number of phenolic OH excluding ortho intramolecular Hbond substituents is 3. The Labute approximate surface area is 199 Å². The molecule has 2 aliphatic rings. The fourth-order valence-corrected chi connectivity index (χ4v) is 4.28. The molecule has 3 aromatic carbocycles. The molecule has 2 aliphatic heterocycles. The molecule has 182 valence electrons. The van der Waals surface area contributed by atoms with Crippen molar-refractivity contribution >= 4 is 5.78 Å². The van der Waals surface area contributed by atoms with Gasteiger partial charge in [0, 0.05) is 17.7 Å². The summed E-state index contributed by atoms with van der Waals surface area (Å²) in [4.78, 5) is 12.7. The molecule has 0 aromatic heterocycles. The second kappa shape index (κ2) is 8.57. The fraction of sp³-hybridized carbons (Fsp3) is 0.240. The summed E-state index contributed by atoms with van der Waals surface area (Å²) in [5.74, 6) is -0.823. The van der Waals surface area contributed by atoms with Crippen molar-refractivity contribution in [3.05, 3.63) is 65.2 Å². The number of aromatic hydroxyl groups is 3. The summed E-state index contributed by atoms with van der Waals surface area (Å²) in [7, 11) is 1.41. The van der Waals surface area contributed by atoms with Crippen LogP contribution in [0.25, 0.3) is 0 Å². The molecule has 0 spiro atoms. The van der Waals surface area contributed by atoms with E-state index in [1.807, 2.05) is 0 Å². The van der Waals surface area contributed by atoms with Crippen molar-refractivity contribution < 1.29 is 49.3 Å². The summed E-state index contributed by atoms with van der Waals surface area (Å²) in [6.07, 6.45) is -4.28. The third-order valence-corrected chi connectivity index (χ3v) is 6.00. The Morgan fingerprint density at radius 1 is 0.829 bits per heavy atom. The van der Waals surface area contributed by atoms with Crippen LogP contribution in [0.1, 0.15) is 33.7 Å². The van der Waals surface area contributed by atoms with Crippen LogP contribution in [0, 0.1) is 0 Å². The molecule has 5 rings (SSSR count). The molecule has 0 saturated heterocycles. The van der Waals surface area contributed by atoms with E-state index in [1.54, 1.807) is 30.3 Å². The standard InChI is InChI=1S/C25H22O10/c1-32-17-6-11(2-4-14(17)28)24-20(10-26)33-16-5-3-12(7-18(16)34-24)25-23(31)22(30)21-15(29)8-13(27)9-19(21)35-25/h2-9,20,23-29,31H,10H2,1H3/t20-,23-,24+,25-/m0/s1. The summed E-state index contributed by atoms with van der Waals surface area (Å²) in [6.45, 7) is -0.349. The molecular weight excluding hydrogens is 460 g/mol. The average molecular weight is 482 g/mol. The predicted molar refractivity (Wildman–Crippen MR) is 119 cm³/mol. The van der Waals surface area contributed by atoms with E-state index in [4.69, 9.17) is 18.9 Å². The van der Waals surface area contributed by atoms with Gasteiger partial charge in [-0.15, -0.1) is 0 Å². The number of aliphatic hydroxyl groups excluding tert-OH is 2. The molecule has 0 unspecified atom stereocenters. The SMILES string of the molecule is COc1cc([C@H]2Oc3cc([C@@H]4Oc5cc(O)cc(O)c5C(=O)[C@@H]4O)ccc3O[C@H]2CO)ccc1O. The summed E-state index contributed by atoms with van der Waals surface area (Å²) in [5.41, 5.74) is 0.751. The number of ketones is 1. The van der Waals surface area contributed by atoms with Crippen molar-refractivity contribution in [3.8, 4) is 40.2 Å². The number of ether oxygens (including phenoxy) is 4. The number of aliphatic hydroxyl groups is 2. The number of fused-ring (bicyclic) bond motifs is 2. The number of benzene rings is 3. The van der Waals surface area contributed by atoms with Gasteiger partial charge in [-0.2, -0.15) is 0 Å². The zero-order valence-corrected chi connectivity index (χ0v) is 18.4. The molecule has 3 aromatic rings. The number of carbonyl (C=O) groups excluding carboxylic acids is 1. The summed E-state index contributed by atoms with van der Waals surface area (Å²) < 4.78 is 23.0. The van der Waals surface area contributed by atoms with E-state index in [0.717, 1.165) is 6.07 Å². The first-order chi connectivity index (χ1) is 16.8. The van der Waals surface area contributed by atoms with Crippen LogP contribution in [0.4, 0.5) is 0 Å². The molecule has 0 amide bonds. The lowest BCUT2D eigenvalue weighted by Crippen LogP contribution is -2.37. The second-order valence-electron chi connectivity index (χ2n) is 8.20. The van der Waals surface area contributed by atoms with Crippen LogP contribution >= 0.6 is 0 Å². The van der Waals surface area contributed by atoms with Crippen molar-refractivity contribution in [2.75, 3.05) is 13.7 Å². The van der Waals surface area contributed by atoms with Gasteiger partial charge >= 0.3 is 0 Å². The maximum absolute atomic E-state index is 12.7. The lowest BCUT2D eigenvalue weighted by molar-refractivity contribution is -0.0130. The van der Waals surface area contributed by atoms with E-state index in [2.05, 4.69) is 0 Å². The van der Waals surface area contributed by atoms with E-state index >= 15 is 0 Å². The number of hydrogen-bond donors (Lipinski definition) is 5. The van der Waals surface area contributed by atoms with Crippen LogP contribution in [0.3, 0.4) is 0 Å². The van der Waals surface area contributed by atoms with E-state index in [-0.39, 0.29) is 40.9 Å². The Morgan fingerprint density at radius 2 is 1.54 bits per heavy atom. The quantitative estimate of drug-likeness (QED) is 0.374. The lowest BCUT2D eigenvalue weighted by Gasteiger charge is -2.35. The zero-order valence-electron chi connectivity index (χ0n) is 18.4. The van der Waals surface area contributed by atoms with Crippen molar-refractivity contribution in [1.29, 1.82) is 0 Å². The highest BCUT2D eigenvalue weighted by atomic mass is 16.6. The van der Waals surface area contributed by atoms with E-state index in [0.29, 0.717) is 16.9 Å². The second-order valence-corrected chi connectivity index (χ2v) is 8.20. The van der Waals surface area contributed by atoms with Gasteiger partial charge in [0.05, 0.1) is 13.7 Å². The van der Waals surface area contributed by atoms with Gasteiger partial charge in [-0.25, -0.2) is 0 Å². The maximum Gasteiger partial charge on any atom is 0.202 e. The van der Waals surface area contributed by atoms with Gasteiger partial charge in [-0.3, -0.25) is 4.79 Å². The Bertz CT molecular complexity index is 1300. The molecule has 0 radical (unpaired) electrons. The van der Waals surface area contributed by atoms with Gasteiger partial charge in [0.25, 0.3) is 0 Å². The molecule has 4 atom stereocenters. The highest BCUT2D eigenvalue weighted by Crippen LogP contribution is 2.45. The highest BCUT2D eigenvalue weighted by molar-refractivity contribution is 6.05. The third-order valence-electron chi connectivity index (χ3n) is 6.00. The van der Waals surface area contributed by atoms with Gasteiger partial charge in [0.1, 0.15) is 22.8 Å². The number of Topliss-reactive ketones (excluding diaryl/α,β-unsaturated/α-hetero) is 1. The molecular formula is C25H22O10. The summed E-state index contributed by atoms with van der Waals surface area (Å²) >= 11 is 0. The zero-order chi connectivity index (χ0) is 24.9. The molecule has 2 heterocycles. The van der Waals surface area contributed by atoms with Crippen molar-refractivity contribution in [3.63, 3.8) is 0 Å². The minimum Gasteiger partial charge on any atom is -0.508 e. The van der Waals surface area contributed by atoms with Crippen LogP contribution in [0.5, 0.6) is 40.2 Å². The number of rotatable bonds is 4. The Kier molecular flexibility index (Phi) is 5.54. The first kappa shape index (κ1) is 22.6. The smallest absolute Gasteiger partial charge is 0.202 e. The highest BCUT2D eigenvalue weighted by Gasteiger charge is 2.40. The minimum atomic E-state index is -1.62. The topological polar surface area (TPSA) is 155 Å². The number of carbonyl (C=O) groups is 1. The van der Waals surface area contributed by atoms with Crippen molar-refractivity contribution in [1.82, 2.24) is 0 Å². The normalized spacial score (nSPS) is 22.8. The Balaban J connectivity index is 1.49. The lowest BCUT2D eigenvalue weighted by atomic mass is 9.92. The van der Waals surface area contributed by atoms with Crippen LogP contribution in [0.15, 0.2) is 48.5 Å². The van der Waals surface area contributed by atoms with Crippen molar-refractivity contribution in [2.24, 2.45) is 0 Å². The molecule has 10 heteroatoms. The average Bonchev–Trinajstić information content (AvgIpc) is 2.85. The van der Waals surface area contributed by atoms with E-state index in [1.165, 1.54) is 19.2 Å².